The number of aromatic nitrogens is 2. The molecule has 7 heteroatoms. The van der Waals surface area contributed by atoms with Gasteiger partial charge in [0.2, 0.25) is 0 Å². The monoisotopic (exact) mass is 456 g/mol. The summed E-state index contributed by atoms with van der Waals surface area (Å²) in [6, 6.07) is 15.8. The summed E-state index contributed by atoms with van der Waals surface area (Å²) in [5.74, 6) is 0.0947. The molecule has 0 amide bonds. The lowest BCUT2D eigenvalue weighted by Gasteiger charge is -2.08. The molecule has 0 saturated heterocycles. The van der Waals surface area contributed by atoms with Crippen LogP contribution in [-0.4, -0.2) is 22.6 Å². The molecule has 0 unspecified atom stereocenters. The highest BCUT2D eigenvalue weighted by Gasteiger charge is 2.20. The Kier molecular flexibility index (Phi) is 5.19. The summed E-state index contributed by atoms with van der Waals surface area (Å²) in [7, 11) is 1.37. The number of fused-ring (bicyclic) bond motifs is 1. The van der Waals surface area contributed by atoms with Crippen molar-refractivity contribution < 1.29 is 14.3 Å². The molecule has 2 heterocycles. The summed E-state index contributed by atoms with van der Waals surface area (Å²) in [4.78, 5) is 17.2. The van der Waals surface area contributed by atoms with Crippen LogP contribution in [0.3, 0.4) is 0 Å². The maximum Gasteiger partial charge on any atom is 0.351 e. The van der Waals surface area contributed by atoms with Crippen LogP contribution in [0.5, 0.6) is 5.75 Å². The molecule has 2 aromatic heterocycles. The van der Waals surface area contributed by atoms with Crippen LogP contribution in [0, 0.1) is 6.92 Å². The third-order valence-corrected chi connectivity index (χ3v) is 6.04. The van der Waals surface area contributed by atoms with Crippen LogP contribution in [0.4, 0.5) is 0 Å². The molecule has 2 aromatic carbocycles. The van der Waals surface area contributed by atoms with Gasteiger partial charge >= 0.3 is 5.97 Å². The Balaban J connectivity index is 1.71. The first-order chi connectivity index (χ1) is 13.6. The number of halogens is 1. The standard InChI is InChI=1S/C21H17BrN2O3S/c1-13-5-3-4-6-14(13)11-27-18-10-19(28-20(18)21(25)26-2)24-12-23-16-9-15(22)7-8-17(16)24/h3-10,12H,11H2,1-2H3. The van der Waals surface area contributed by atoms with E-state index < -0.39 is 5.97 Å². The van der Waals surface area contributed by atoms with Crippen LogP contribution < -0.4 is 4.74 Å². The van der Waals surface area contributed by atoms with E-state index in [4.69, 9.17) is 9.47 Å². The van der Waals surface area contributed by atoms with Crippen molar-refractivity contribution in [2.24, 2.45) is 0 Å². The first kappa shape index (κ1) is 18.7. The van der Waals surface area contributed by atoms with Crippen molar-refractivity contribution in [1.29, 1.82) is 0 Å². The largest absolute Gasteiger partial charge is 0.487 e. The molecule has 0 saturated carbocycles. The van der Waals surface area contributed by atoms with Crippen molar-refractivity contribution in [1.82, 2.24) is 9.55 Å². The van der Waals surface area contributed by atoms with E-state index in [1.807, 2.05) is 60.0 Å². The zero-order valence-electron chi connectivity index (χ0n) is 15.3. The lowest BCUT2D eigenvalue weighted by atomic mass is 10.1. The zero-order valence-corrected chi connectivity index (χ0v) is 17.7. The van der Waals surface area contributed by atoms with E-state index in [0.29, 0.717) is 17.2 Å². The molecule has 0 radical (unpaired) electrons. The van der Waals surface area contributed by atoms with Gasteiger partial charge in [0.15, 0.2) is 4.88 Å². The van der Waals surface area contributed by atoms with E-state index in [2.05, 4.69) is 20.9 Å². The molecule has 0 bridgehead atoms. The number of methoxy groups -OCH3 is 1. The van der Waals surface area contributed by atoms with Gasteiger partial charge in [-0.05, 0) is 36.2 Å². The van der Waals surface area contributed by atoms with Crippen molar-refractivity contribution >= 4 is 44.3 Å². The maximum atomic E-state index is 12.3. The molecule has 0 atom stereocenters. The Morgan fingerprint density at radius 1 is 1.21 bits per heavy atom. The molecule has 0 aliphatic rings. The Morgan fingerprint density at radius 2 is 2.04 bits per heavy atom. The second kappa shape index (κ2) is 7.77. The first-order valence-corrected chi connectivity index (χ1v) is 10.2. The Morgan fingerprint density at radius 3 is 2.82 bits per heavy atom. The fourth-order valence-electron chi connectivity index (χ4n) is 2.91. The van der Waals surface area contributed by atoms with E-state index in [0.717, 1.165) is 31.6 Å². The number of benzene rings is 2. The van der Waals surface area contributed by atoms with Crippen molar-refractivity contribution in [2.75, 3.05) is 7.11 Å². The number of imidazole rings is 1. The van der Waals surface area contributed by atoms with Crippen molar-refractivity contribution in [2.45, 2.75) is 13.5 Å². The van der Waals surface area contributed by atoms with Crippen LogP contribution >= 0.6 is 27.3 Å². The number of thiophene rings is 1. The molecule has 0 N–H and O–H groups in total. The van der Waals surface area contributed by atoms with E-state index in [9.17, 15) is 4.79 Å². The number of nitrogens with zero attached hydrogens (tertiary/aromatic N) is 2. The van der Waals surface area contributed by atoms with E-state index >= 15 is 0 Å². The highest BCUT2D eigenvalue weighted by atomic mass is 79.9. The average Bonchev–Trinajstić information content (AvgIpc) is 3.30. The summed E-state index contributed by atoms with van der Waals surface area (Å²) in [6.45, 7) is 2.42. The quantitative estimate of drug-likeness (QED) is 0.370. The Bertz CT molecular complexity index is 1170. The third-order valence-electron chi connectivity index (χ3n) is 4.45. The van der Waals surface area contributed by atoms with E-state index in [1.54, 1.807) is 6.33 Å². The molecule has 5 nitrogen and oxygen atoms in total. The lowest BCUT2D eigenvalue weighted by molar-refractivity contribution is 0.0601. The van der Waals surface area contributed by atoms with Gasteiger partial charge in [0.1, 0.15) is 23.7 Å². The molecule has 4 rings (SSSR count). The van der Waals surface area contributed by atoms with Gasteiger partial charge in [-0.3, -0.25) is 4.57 Å². The molecular weight excluding hydrogens is 440 g/mol. The molecule has 0 aliphatic heterocycles. The predicted octanol–water partition coefficient (Wildman–Crippen LogP) is 5.52. The van der Waals surface area contributed by atoms with E-state index in [-0.39, 0.29) is 0 Å². The second-order valence-electron chi connectivity index (χ2n) is 6.23. The molecule has 0 fully saturated rings. The summed E-state index contributed by atoms with van der Waals surface area (Å²) in [5.41, 5.74) is 4.03. The smallest absolute Gasteiger partial charge is 0.351 e. The van der Waals surface area contributed by atoms with Gasteiger partial charge in [0.25, 0.3) is 0 Å². The maximum absolute atomic E-state index is 12.3. The summed E-state index contributed by atoms with van der Waals surface area (Å²) < 4.78 is 13.9. The number of rotatable bonds is 5. The fraction of sp³-hybridized carbons (Fsp3) is 0.143. The first-order valence-electron chi connectivity index (χ1n) is 8.59. The molecule has 28 heavy (non-hydrogen) atoms. The lowest BCUT2D eigenvalue weighted by Crippen LogP contribution is -2.03. The topological polar surface area (TPSA) is 53.4 Å². The predicted molar refractivity (Wildman–Crippen MR) is 113 cm³/mol. The molecule has 142 valence electrons. The van der Waals surface area contributed by atoms with Crippen LogP contribution in [0.15, 0.2) is 59.3 Å². The number of ether oxygens (including phenoxy) is 2. The highest BCUT2D eigenvalue weighted by molar-refractivity contribution is 9.10. The van der Waals surface area contributed by atoms with Gasteiger partial charge in [-0.2, -0.15) is 0 Å². The van der Waals surface area contributed by atoms with Crippen molar-refractivity contribution in [3.8, 4) is 10.8 Å². The van der Waals surface area contributed by atoms with Crippen LogP contribution in [0.25, 0.3) is 16.0 Å². The van der Waals surface area contributed by atoms with Crippen LogP contribution in [0.1, 0.15) is 20.8 Å². The molecular formula is C21H17BrN2O3S. The third kappa shape index (κ3) is 3.55. The van der Waals surface area contributed by atoms with Crippen molar-refractivity contribution in [3.63, 3.8) is 0 Å². The minimum Gasteiger partial charge on any atom is -0.487 e. The highest BCUT2D eigenvalue weighted by Crippen LogP contribution is 2.35. The zero-order chi connectivity index (χ0) is 19.7. The van der Waals surface area contributed by atoms with Crippen LogP contribution in [0.2, 0.25) is 0 Å². The number of esters is 1. The fourth-order valence-corrected chi connectivity index (χ4v) is 4.26. The van der Waals surface area contributed by atoms with Gasteiger partial charge in [-0.15, -0.1) is 11.3 Å². The molecule has 4 aromatic rings. The summed E-state index contributed by atoms with van der Waals surface area (Å²) in [6.07, 6.45) is 1.75. The Labute approximate surface area is 174 Å². The van der Waals surface area contributed by atoms with Gasteiger partial charge in [-0.25, -0.2) is 9.78 Å². The number of aryl methyl sites for hydroxylation is 1. The van der Waals surface area contributed by atoms with Crippen LogP contribution in [-0.2, 0) is 11.3 Å². The minimum absolute atomic E-state index is 0.379. The SMILES string of the molecule is COC(=O)c1sc(-n2cnc3cc(Br)ccc32)cc1OCc1ccccc1C. The second-order valence-corrected chi connectivity index (χ2v) is 8.18. The van der Waals surface area contributed by atoms with Gasteiger partial charge < -0.3 is 9.47 Å². The summed E-state index contributed by atoms with van der Waals surface area (Å²) in [5, 5.41) is 0.838. The number of hydrogen-bond acceptors (Lipinski definition) is 5. The van der Waals surface area contributed by atoms with Crippen molar-refractivity contribution in [3.05, 3.63) is 75.3 Å². The number of carbonyl (C=O) groups is 1. The van der Waals surface area contributed by atoms with Gasteiger partial charge in [-0.1, -0.05) is 40.2 Å². The summed E-state index contributed by atoms with van der Waals surface area (Å²) >= 11 is 4.78. The average molecular weight is 457 g/mol. The molecule has 0 spiro atoms. The number of hydrogen-bond donors (Lipinski definition) is 0. The number of carbonyl (C=O) groups excluding carboxylic acids is 1. The van der Waals surface area contributed by atoms with E-state index in [1.165, 1.54) is 18.4 Å². The molecule has 0 aliphatic carbocycles. The van der Waals surface area contributed by atoms with Gasteiger partial charge in [0, 0.05) is 10.5 Å². The van der Waals surface area contributed by atoms with Gasteiger partial charge in [0.05, 0.1) is 18.1 Å². The minimum atomic E-state index is -0.414. The normalized spacial score (nSPS) is 11.0. The Hall–Kier alpha value is -2.64.